The van der Waals surface area contributed by atoms with Crippen molar-refractivity contribution in [3.05, 3.63) is 158 Å². The van der Waals surface area contributed by atoms with Crippen LogP contribution < -0.4 is 0 Å². The van der Waals surface area contributed by atoms with Gasteiger partial charge in [-0.05, 0) is 70.1 Å². The number of nitrogens with zero attached hydrogens (tertiary/aromatic N) is 4. The van der Waals surface area contributed by atoms with Gasteiger partial charge in [0.25, 0.3) is 0 Å². The highest BCUT2D eigenvalue weighted by atomic mass is 16.3. The highest BCUT2D eigenvalue weighted by molar-refractivity contribution is 6.26. The predicted octanol–water partition coefficient (Wildman–Crippen LogP) is 12.0. The number of furan rings is 1. The molecule has 0 aliphatic carbocycles. The average molecular weight is 667 g/mol. The Morgan fingerprint density at radius 3 is 1.73 bits per heavy atom. The second kappa shape index (κ2) is 11.2. The molecule has 0 aliphatic rings. The number of oxazole rings is 1. The molecular formula is C46H26N4O2. The molecule has 0 bridgehead atoms. The average Bonchev–Trinajstić information content (AvgIpc) is 3.83. The molecule has 0 unspecified atom stereocenters. The minimum Gasteiger partial charge on any atom is -0.456 e. The minimum atomic E-state index is 0.600. The summed E-state index contributed by atoms with van der Waals surface area (Å²) in [6.07, 6.45) is 0. The van der Waals surface area contributed by atoms with Gasteiger partial charge in [0.15, 0.2) is 23.1 Å². The third kappa shape index (κ3) is 4.51. The number of para-hydroxylation sites is 1. The van der Waals surface area contributed by atoms with Crippen molar-refractivity contribution in [3.63, 3.8) is 0 Å². The summed E-state index contributed by atoms with van der Waals surface area (Å²) in [5.74, 6) is 2.43. The first-order valence-electron chi connectivity index (χ1n) is 17.2. The van der Waals surface area contributed by atoms with E-state index in [0.29, 0.717) is 23.4 Å². The Kier molecular flexibility index (Phi) is 6.15. The van der Waals surface area contributed by atoms with Gasteiger partial charge in [0, 0.05) is 43.8 Å². The van der Waals surface area contributed by atoms with Crippen molar-refractivity contribution in [2.75, 3.05) is 0 Å². The third-order valence-electron chi connectivity index (χ3n) is 9.92. The quantitative estimate of drug-likeness (QED) is 0.174. The van der Waals surface area contributed by atoms with Gasteiger partial charge in [0.2, 0.25) is 5.89 Å². The standard InChI is InChI=1S/C46H26N4O2/c1-3-9-29(10-4-1)43-48-44(50-45(49-43)33-21-24-39-36(26-33)35-13-7-8-14-38(35)51-39)32-19-22-34-31(25-32)18-17-27-15-16-28-20-23-37-42(41(28)40(27)34)52-46(47-37)30-11-5-2-6-12-30/h1-26H. The topological polar surface area (TPSA) is 77.8 Å². The van der Waals surface area contributed by atoms with Crippen molar-refractivity contribution in [2.24, 2.45) is 0 Å². The Morgan fingerprint density at radius 2 is 0.942 bits per heavy atom. The number of hydrogen-bond acceptors (Lipinski definition) is 6. The molecule has 0 saturated carbocycles. The van der Waals surface area contributed by atoms with Crippen LogP contribution in [0.5, 0.6) is 0 Å². The van der Waals surface area contributed by atoms with Gasteiger partial charge in [-0.15, -0.1) is 0 Å². The van der Waals surface area contributed by atoms with Crippen molar-refractivity contribution in [1.29, 1.82) is 0 Å². The molecular weight excluding hydrogens is 641 g/mol. The van der Waals surface area contributed by atoms with Crippen molar-refractivity contribution in [3.8, 4) is 45.6 Å². The monoisotopic (exact) mass is 666 g/mol. The van der Waals surface area contributed by atoms with E-state index in [0.717, 1.165) is 87.6 Å². The largest absolute Gasteiger partial charge is 0.456 e. The highest BCUT2D eigenvalue weighted by Gasteiger charge is 2.18. The smallest absolute Gasteiger partial charge is 0.227 e. The first kappa shape index (κ1) is 28.6. The lowest BCUT2D eigenvalue weighted by Crippen LogP contribution is -2.00. The van der Waals surface area contributed by atoms with Crippen LogP contribution in [0, 0.1) is 0 Å². The summed E-state index contributed by atoms with van der Waals surface area (Å²) in [6.45, 7) is 0. The first-order valence-corrected chi connectivity index (χ1v) is 17.2. The van der Waals surface area contributed by atoms with E-state index in [9.17, 15) is 0 Å². The SMILES string of the molecule is c1ccc(-c2nc(-c3ccc4c(ccc5ccc6ccc7nc(-c8ccccc8)oc7c6c54)c3)nc(-c3ccc4oc5ccccc5c4c3)n2)cc1. The Hall–Kier alpha value is -7.18. The molecule has 0 radical (unpaired) electrons. The van der Waals surface area contributed by atoms with Crippen LogP contribution in [-0.2, 0) is 0 Å². The maximum absolute atomic E-state index is 6.53. The molecule has 8 aromatic carbocycles. The number of fused-ring (bicyclic) bond motifs is 10. The maximum Gasteiger partial charge on any atom is 0.227 e. The van der Waals surface area contributed by atoms with Crippen LogP contribution in [-0.4, -0.2) is 19.9 Å². The zero-order chi connectivity index (χ0) is 34.2. The molecule has 242 valence electrons. The molecule has 11 aromatic rings. The maximum atomic E-state index is 6.53. The molecule has 3 aromatic heterocycles. The Bertz CT molecular complexity index is 3180. The van der Waals surface area contributed by atoms with E-state index in [-0.39, 0.29) is 0 Å². The fraction of sp³-hybridized carbons (Fsp3) is 0. The summed E-state index contributed by atoms with van der Waals surface area (Å²) in [5.41, 5.74) is 6.97. The summed E-state index contributed by atoms with van der Waals surface area (Å²) in [7, 11) is 0. The van der Waals surface area contributed by atoms with E-state index in [1.807, 2.05) is 97.1 Å². The molecule has 11 rings (SSSR count). The molecule has 0 aliphatic heterocycles. The van der Waals surface area contributed by atoms with Crippen LogP contribution in [0.1, 0.15) is 0 Å². The van der Waals surface area contributed by atoms with Gasteiger partial charge in [-0.2, -0.15) is 0 Å². The normalized spacial score (nSPS) is 11.8. The van der Waals surface area contributed by atoms with Crippen LogP contribution in [0.4, 0.5) is 0 Å². The Labute approximate surface area is 296 Å². The molecule has 3 heterocycles. The predicted molar refractivity (Wildman–Crippen MR) is 209 cm³/mol. The van der Waals surface area contributed by atoms with Gasteiger partial charge in [-0.3, -0.25) is 0 Å². The second-order valence-corrected chi connectivity index (χ2v) is 13.0. The molecule has 0 atom stereocenters. The summed E-state index contributed by atoms with van der Waals surface area (Å²) in [4.78, 5) is 20.0. The van der Waals surface area contributed by atoms with Crippen LogP contribution in [0.15, 0.2) is 167 Å². The van der Waals surface area contributed by atoms with Crippen molar-refractivity contribution < 1.29 is 8.83 Å². The zero-order valence-electron chi connectivity index (χ0n) is 27.6. The highest BCUT2D eigenvalue weighted by Crippen LogP contribution is 2.39. The number of rotatable bonds is 4. The first-order chi connectivity index (χ1) is 25.7. The molecule has 0 spiro atoms. The van der Waals surface area contributed by atoms with Gasteiger partial charge in [-0.25, -0.2) is 19.9 Å². The molecule has 6 nitrogen and oxygen atoms in total. The van der Waals surface area contributed by atoms with Crippen molar-refractivity contribution >= 4 is 65.4 Å². The van der Waals surface area contributed by atoms with E-state index in [1.54, 1.807) is 0 Å². The molecule has 52 heavy (non-hydrogen) atoms. The van der Waals surface area contributed by atoms with Crippen molar-refractivity contribution in [2.45, 2.75) is 0 Å². The van der Waals surface area contributed by atoms with Gasteiger partial charge in [0.05, 0.1) is 0 Å². The van der Waals surface area contributed by atoms with Gasteiger partial charge >= 0.3 is 0 Å². The van der Waals surface area contributed by atoms with E-state index >= 15 is 0 Å². The fourth-order valence-electron chi connectivity index (χ4n) is 7.41. The van der Waals surface area contributed by atoms with Gasteiger partial charge in [-0.1, -0.05) is 109 Å². The second-order valence-electron chi connectivity index (χ2n) is 13.0. The van der Waals surface area contributed by atoms with Crippen molar-refractivity contribution in [1.82, 2.24) is 19.9 Å². The summed E-state index contributed by atoms with van der Waals surface area (Å²) < 4.78 is 12.6. The molecule has 0 N–H and O–H groups in total. The van der Waals surface area contributed by atoms with E-state index in [1.165, 1.54) is 0 Å². The lowest BCUT2D eigenvalue weighted by molar-refractivity contribution is 0.623. The van der Waals surface area contributed by atoms with Gasteiger partial charge < -0.3 is 8.83 Å². The minimum absolute atomic E-state index is 0.600. The zero-order valence-corrected chi connectivity index (χ0v) is 27.6. The fourth-order valence-corrected chi connectivity index (χ4v) is 7.41. The third-order valence-corrected chi connectivity index (χ3v) is 9.92. The molecule has 0 amide bonds. The van der Waals surface area contributed by atoms with Crippen LogP contribution in [0.3, 0.4) is 0 Å². The lowest BCUT2D eigenvalue weighted by Gasteiger charge is -2.11. The lowest BCUT2D eigenvalue weighted by atomic mass is 9.95. The Morgan fingerprint density at radius 1 is 0.346 bits per heavy atom. The van der Waals surface area contributed by atoms with E-state index in [2.05, 4.69) is 60.7 Å². The molecule has 6 heteroatoms. The number of aromatic nitrogens is 4. The van der Waals surface area contributed by atoms with Crippen LogP contribution >= 0.6 is 0 Å². The van der Waals surface area contributed by atoms with E-state index < -0.39 is 0 Å². The molecule has 0 fully saturated rings. The molecule has 0 saturated heterocycles. The number of hydrogen-bond donors (Lipinski definition) is 0. The number of benzene rings is 8. The Balaban J connectivity index is 1.10. The summed E-state index contributed by atoms with van der Waals surface area (Å²) in [6, 6.07) is 53.6. The summed E-state index contributed by atoms with van der Waals surface area (Å²) in [5, 5.41) is 8.70. The van der Waals surface area contributed by atoms with Crippen LogP contribution in [0.25, 0.3) is 111 Å². The van der Waals surface area contributed by atoms with E-state index in [4.69, 9.17) is 28.8 Å². The van der Waals surface area contributed by atoms with Crippen LogP contribution in [0.2, 0.25) is 0 Å². The summed E-state index contributed by atoms with van der Waals surface area (Å²) >= 11 is 0. The van der Waals surface area contributed by atoms with Gasteiger partial charge in [0.1, 0.15) is 16.7 Å².